The molecule has 1 heterocycles. The van der Waals surface area contributed by atoms with Crippen molar-refractivity contribution in [3.63, 3.8) is 0 Å². The average Bonchev–Trinajstić information content (AvgIpc) is 2.77. The van der Waals surface area contributed by atoms with E-state index in [1.54, 1.807) is 0 Å². The van der Waals surface area contributed by atoms with Crippen molar-refractivity contribution >= 4 is 5.91 Å². The molecule has 1 saturated carbocycles. The first-order valence-corrected chi connectivity index (χ1v) is 5.21. The number of carbonyl (C=O) groups excluding carboxylic acids is 1. The van der Waals surface area contributed by atoms with Crippen LogP contribution >= 0.6 is 0 Å². The van der Waals surface area contributed by atoms with E-state index in [9.17, 15) is 13.6 Å². The highest BCUT2D eigenvalue weighted by atomic mass is 19.3. The minimum absolute atomic E-state index is 0.0687. The predicted octanol–water partition coefficient (Wildman–Crippen LogP) is 1.80. The van der Waals surface area contributed by atoms with Crippen LogP contribution in [-0.2, 0) is 4.79 Å². The molecule has 0 radical (unpaired) electrons. The van der Waals surface area contributed by atoms with E-state index in [0.717, 1.165) is 0 Å². The van der Waals surface area contributed by atoms with Gasteiger partial charge in [0, 0.05) is 30.3 Å². The number of rotatable bonds is 2. The third kappa shape index (κ3) is 1.82. The van der Waals surface area contributed by atoms with Gasteiger partial charge in [0.1, 0.15) is 6.54 Å². The van der Waals surface area contributed by atoms with Gasteiger partial charge in [-0.3, -0.25) is 4.79 Å². The maximum Gasteiger partial charge on any atom is 0.252 e. The van der Waals surface area contributed by atoms with Crippen LogP contribution in [0.3, 0.4) is 0 Å². The topological polar surface area (TPSA) is 69.1 Å². The van der Waals surface area contributed by atoms with E-state index in [1.165, 1.54) is 4.90 Å². The average molecular weight is 230 g/mol. The Morgan fingerprint density at radius 3 is 2.94 bits per heavy atom. The first kappa shape index (κ1) is 11.1. The largest absolute Gasteiger partial charge is 0.342 e. The van der Waals surface area contributed by atoms with E-state index in [-0.39, 0.29) is 31.3 Å². The molecule has 1 saturated heterocycles. The molecule has 2 aliphatic rings. The Morgan fingerprint density at radius 1 is 1.56 bits per heavy atom. The number of halogens is 2. The lowest BCUT2D eigenvalue weighted by molar-refractivity contribution is -0.129. The summed E-state index contributed by atoms with van der Waals surface area (Å²) in [5.41, 5.74) is 8.07. The molecule has 2 rings (SSSR count). The summed E-state index contributed by atoms with van der Waals surface area (Å²) in [7, 11) is 0. The summed E-state index contributed by atoms with van der Waals surface area (Å²) in [4.78, 5) is 15.3. The van der Waals surface area contributed by atoms with Crippen molar-refractivity contribution in [3.8, 4) is 0 Å². The van der Waals surface area contributed by atoms with E-state index in [2.05, 4.69) is 10.0 Å². The van der Waals surface area contributed by atoms with E-state index < -0.39 is 11.8 Å². The SMILES string of the molecule is [N-]=[N+]=NCC(=O)N1C[C@@H]2CCC(F)(F)[C@H]2C1. The van der Waals surface area contributed by atoms with Crippen LogP contribution in [0.4, 0.5) is 8.78 Å². The van der Waals surface area contributed by atoms with Crippen LogP contribution in [-0.4, -0.2) is 36.4 Å². The van der Waals surface area contributed by atoms with E-state index in [4.69, 9.17) is 5.53 Å². The van der Waals surface area contributed by atoms with Gasteiger partial charge in [0.2, 0.25) is 5.91 Å². The lowest BCUT2D eigenvalue weighted by Gasteiger charge is -2.19. The normalized spacial score (nSPS) is 31.0. The van der Waals surface area contributed by atoms with Crippen molar-refractivity contribution in [1.29, 1.82) is 0 Å². The van der Waals surface area contributed by atoms with Crippen molar-refractivity contribution < 1.29 is 13.6 Å². The monoisotopic (exact) mass is 230 g/mol. The smallest absolute Gasteiger partial charge is 0.252 e. The van der Waals surface area contributed by atoms with Gasteiger partial charge in [-0.2, -0.15) is 0 Å². The van der Waals surface area contributed by atoms with Crippen LogP contribution in [0.2, 0.25) is 0 Å². The number of carbonyl (C=O) groups is 1. The van der Waals surface area contributed by atoms with Crippen LogP contribution in [0.5, 0.6) is 0 Å². The minimum Gasteiger partial charge on any atom is -0.342 e. The van der Waals surface area contributed by atoms with Crippen molar-refractivity contribution in [2.75, 3.05) is 19.6 Å². The van der Waals surface area contributed by atoms with Gasteiger partial charge in [-0.05, 0) is 17.9 Å². The zero-order valence-electron chi connectivity index (χ0n) is 8.64. The summed E-state index contributed by atoms with van der Waals surface area (Å²) >= 11 is 0. The maximum atomic E-state index is 13.4. The third-order valence-electron chi connectivity index (χ3n) is 3.45. The molecule has 88 valence electrons. The second-order valence-electron chi connectivity index (χ2n) is 4.35. The lowest BCUT2D eigenvalue weighted by atomic mass is 9.99. The fraction of sp³-hybridized carbons (Fsp3) is 0.889. The highest BCUT2D eigenvalue weighted by Crippen LogP contribution is 2.48. The first-order valence-electron chi connectivity index (χ1n) is 5.21. The molecule has 0 aromatic carbocycles. The van der Waals surface area contributed by atoms with Gasteiger partial charge >= 0.3 is 0 Å². The molecular formula is C9H12F2N4O. The molecular weight excluding hydrogens is 218 g/mol. The first-order chi connectivity index (χ1) is 7.54. The third-order valence-corrected chi connectivity index (χ3v) is 3.45. The predicted molar refractivity (Wildman–Crippen MR) is 51.8 cm³/mol. The number of likely N-dealkylation sites (tertiary alicyclic amines) is 1. The zero-order chi connectivity index (χ0) is 11.8. The summed E-state index contributed by atoms with van der Waals surface area (Å²) < 4.78 is 26.7. The number of fused-ring (bicyclic) bond motifs is 1. The van der Waals surface area contributed by atoms with Gasteiger partial charge in [-0.25, -0.2) is 8.78 Å². The zero-order valence-corrected chi connectivity index (χ0v) is 8.64. The maximum absolute atomic E-state index is 13.4. The Morgan fingerprint density at radius 2 is 2.31 bits per heavy atom. The molecule has 7 heteroatoms. The number of hydrogen-bond donors (Lipinski definition) is 0. The van der Waals surface area contributed by atoms with Gasteiger partial charge < -0.3 is 4.90 Å². The van der Waals surface area contributed by atoms with Gasteiger partial charge in [0.15, 0.2) is 0 Å². The van der Waals surface area contributed by atoms with E-state index in [1.807, 2.05) is 0 Å². The van der Waals surface area contributed by atoms with Gasteiger partial charge in [0.25, 0.3) is 5.92 Å². The van der Waals surface area contributed by atoms with E-state index in [0.29, 0.717) is 13.0 Å². The molecule has 1 aliphatic carbocycles. The second-order valence-corrected chi connectivity index (χ2v) is 4.35. The van der Waals surface area contributed by atoms with Crippen LogP contribution < -0.4 is 0 Å². The van der Waals surface area contributed by atoms with Crippen molar-refractivity contribution in [2.24, 2.45) is 17.0 Å². The molecule has 0 aromatic rings. The number of nitrogens with zero attached hydrogens (tertiary/aromatic N) is 4. The molecule has 1 amide bonds. The Bertz CT molecular complexity index is 353. The summed E-state index contributed by atoms with van der Waals surface area (Å²) in [5, 5.41) is 3.15. The number of hydrogen-bond acceptors (Lipinski definition) is 2. The molecule has 1 aliphatic heterocycles. The Labute approximate surface area is 91.0 Å². The molecule has 5 nitrogen and oxygen atoms in total. The summed E-state index contributed by atoms with van der Waals surface area (Å²) in [6.07, 6.45) is 0.406. The Kier molecular flexibility index (Phi) is 2.71. The molecule has 0 bridgehead atoms. The van der Waals surface area contributed by atoms with Crippen LogP contribution in [0.15, 0.2) is 5.11 Å². The number of amides is 1. The summed E-state index contributed by atoms with van der Waals surface area (Å²) in [6, 6.07) is 0. The quantitative estimate of drug-likeness (QED) is 0.405. The number of alkyl halides is 2. The molecule has 0 N–H and O–H groups in total. The Balaban J connectivity index is 1.98. The fourth-order valence-electron chi connectivity index (χ4n) is 2.60. The van der Waals surface area contributed by atoms with Crippen LogP contribution in [0, 0.1) is 11.8 Å². The molecule has 0 aromatic heterocycles. The fourth-order valence-corrected chi connectivity index (χ4v) is 2.60. The van der Waals surface area contributed by atoms with Crippen LogP contribution in [0.1, 0.15) is 12.8 Å². The summed E-state index contributed by atoms with van der Waals surface area (Å²) in [6.45, 7) is 0.193. The minimum atomic E-state index is -2.64. The molecule has 2 atom stereocenters. The van der Waals surface area contributed by atoms with Gasteiger partial charge in [-0.1, -0.05) is 5.11 Å². The van der Waals surface area contributed by atoms with Gasteiger partial charge in [0.05, 0.1) is 0 Å². The molecule has 2 fully saturated rings. The van der Waals surface area contributed by atoms with Crippen LogP contribution in [0.25, 0.3) is 10.4 Å². The Hall–Kier alpha value is -1.36. The molecule has 0 unspecified atom stereocenters. The van der Waals surface area contributed by atoms with E-state index >= 15 is 0 Å². The lowest BCUT2D eigenvalue weighted by Crippen LogP contribution is -2.34. The molecule has 16 heavy (non-hydrogen) atoms. The second kappa shape index (κ2) is 3.90. The molecule has 0 spiro atoms. The van der Waals surface area contributed by atoms with Crippen molar-refractivity contribution in [3.05, 3.63) is 10.4 Å². The standard InChI is InChI=1S/C9H12F2N4O/c10-9(11)2-1-6-4-15(5-7(6)9)8(16)3-13-14-12/h6-7H,1-5H2/t6-,7-/m0/s1. The summed E-state index contributed by atoms with van der Waals surface area (Å²) in [5.74, 6) is -3.80. The van der Waals surface area contributed by atoms with Crippen molar-refractivity contribution in [2.45, 2.75) is 18.8 Å². The van der Waals surface area contributed by atoms with Crippen molar-refractivity contribution in [1.82, 2.24) is 4.90 Å². The highest BCUT2D eigenvalue weighted by molar-refractivity contribution is 5.78. The number of azide groups is 1. The van der Waals surface area contributed by atoms with Gasteiger partial charge in [-0.15, -0.1) is 0 Å². The highest BCUT2D eigenvalue weighted by Gasteiger charge is 2.54.